The van der Waals surface area contributed by atoms with E-state index in [9.17, 15) is 4.79 Å². The minimum absolute atomic E-state index is 0.124. The summed E-state index contributed by atoms with van der Waals surface area (Å²) in [4.78, 5) is 12.9. The molecule has 0 spiro atoms. The Morgan fingerprint density at radius 1 is 1.21 bits per heavy atom. The lowest BCUT2D eigenvalue weighted by Crippen LogP contribution is -2.16. The molecule has 98 valence electrons. The molecule has 2 rings (SSSR count). The fraction of sp³-hybridized carbons (Fsp3) is 0.133. The van der Waals surface area contributed by atoms with Crippen molar-refractivity contribution in [2.24, 2.45) is 0 Å². The number of aromatic carboxylic acids is 1. The summed E-state index contributed by atoms with van der Waals surface area (Å²) >= 11 is 5.96. The van der Waals surface area contributed by atoms with E-state index in [-0.39, 0.29) is 10.6 Å². The van der Waals surface area contributed by atoms with Gasteiger partial charge in [-0.3, -0.25) is 0 Å². The van der Waals surface area contributed by atoms with E-state index in [1.54, 1.807) is 12.1 Å². The topological polar surface area (TPSA) is 40.5 Å². The van der Waals surface area contributed by atoms with Crippen LogP contribution in [0, 0.1) is 0 Å². The van der Waals surface area contributed by atoms with Crippen LogP contribution in [-0.4, -0.2) is 18.1 Å². The lowest BCUT2D eigenvalue weighted by atomic mass is 10.1. The van der Waals surface area contributed by atoms with Gasteiger partial charge >= 0.3 is 5.97 Å². The van der Waals surface area contributed by atoms with Crippen LogP contribution in [0.5, 0.6) is 0 Å². The van der Waals surface area contributed by atoms with E-state index in [1.165, 1.54) is 11.6 Å². The lowest BCUT2D eigenvalue weighted by molar-refractivity contribution is 0.0697. The zero-order chi connectivity index (χ0) is 13.8. The number of carboxylic acid groups (broad SMARTS) is 1. The van der Waals surface area contributed by atoms with Crippen LogP contribution in [0.15, 0.2) is 48.5 Å². The van der Waals surface area contributed by atoms with Crippen molar-refractivity contribution in [3.63, 3.8) is 0 Å². The highest BCUT2D eigenvalue weighted by molar-refractivity contribution is 6.33. The molecular weight excluding hydrogens is 262 g/mol. The third kappa shape index (κ3) is 3.26. The van der Waals surface area contributed by atoms with Gasteiger partial charge in [-0.05, 0) is 23.8 Å². The highest BCUT2D eigenvalue weighted by Gasteiger charge is 2.10. The predicted octanol–water partition coefficient (Wildman–Crippen LogP) is 3.67. The van der Waals surface area contributed by atoms with Gasteiger partial charge in [0, 0.05) is 19.3 Å². The molecule has 0 aliphatic carbocycles. The number of halogens is 1. The van der Waals surface area contributed by atoms with Crippen molar-refractivity contribution in [3.8, 4) is 0 Å². The summed E-state index contributed by atoms with van der Waals surface area (Å²) in [5.74, 6) is -1.01. The highest BCUT2D eigenvalue weighted by atomic mass is 35.5. The maximum absolute atomic E-state index is 10.9. The number of carbonyl (C=O) groups is 1. The monoisotopic (exact) mass is 275 g/mol. The van der Waals surface area contributed by atoms with E-state index < -0.39 is 5.97 Å². The predicted molar refractivity (Wildman–Crippen MR) is 77.0 cm³/mol. The maximum Gasteiger partial charge on any atom is 0.337 e. The fourth-order valence-corrected chi connectivity index (χ4v) is 2.12. The van der Waals surface area contributed by atoms with Gasteiger partial charge in [0.15, 0.2) is 0 Å². The second-order valence-corrected chi connectivity index (χ2v) is 4.72. The number of rotatable bonds is 4. The lowest BCUT2D eigenvalue weighted by Gasteiger charge is -2.20. The van der Waals surface area contributed by atoms with Crippen LogP contribution in [0.25, 0.3) is 0 Å². The number of hydrogen-bond acceptors (Lipinski definition) is 2. The summed E-state index contributed by atoms with van der Waals surface area (Å²) in [5.41, 5.74) is 2.20. The molecule has 0 saturated carbocycles. The molecule has 0 unspecified atom stereocenters. The van der Waals surface area contributed by atoms with Crippen molar-refractivity contribution in [1.82, 2.24) is 0 Å². The molecular formula is C15H14ClNO2. The standard InChI is InChI=1S/C15H14ClNO2/c1-17(10-11-5-3-2-4-6-11)12-7-8-13(15(18)19)14(16)9-12/h2-9H,10H2,1H3,(H,18,19). The molecule has 19 heavy (non-hydrogen) atoms. The van der Waals surface area contributed by atoms with Gasteiger partial charge < -0.3 is 10.0 Å². The van der Waals surface area contributed by atoms with Gasteiger partial charge in [0.25, 0.3) is 0 Å². The molecule has 0 bridgehead atoms. The second-order valence-electron chi connectivity index (χ2n) is 4.31. The Kier molecular flexibility index (Phi) is 4.07. The number of nitrogens with zero attached hydrogens (tertiary/aromatic N) is 1. The smallest absolute Gasteiger partial charge is 0.337 e. The van der Waals surface area contributed by atoms with Crippen molar-refractivity contribution in [3.05, 3.63) is 64.7 Å². The normalized spacial score (nSPS) is 10.2. The van der Waals surface area contributed by atoms with Gasteiger partial charge in [0.05, 0.1) is 10.6 Å². The fourth-order valence-electron chi connectivity index (χ4n) is 1.86. The van der Waals surface area contributed by atoms with Crippen molar-refractivity contribution in [1.29, 1.82) is 0 Å². The average Bonchev–Trinajstić information content (AvgIpc) is 2.39. The summed E-state index contributed by atoms with van der Waals surface area (Å²) in [6.45, 7) is 0.740. The van der Waals surface area contributed by atoms with Crippen LogP contribution in [0.3, 0.4) is 0 Å². The van der Waals surface area contributed by atoms with E-state index >= 15 is 0 Å². The molecule has 0 amide bonds. The molecule has 0 radical (unpaired) electrons. The van der Waals surface area contributed by atoms with Gasteiger partial charge in [0.2, 0.25) is 0 Å². The number of hydrogen-bond donors (Lipinski definition) is 1. The molecule has 0 saturated heterocycles. The molecule has 0 aliphatic heterocycles. The Labute approximate surface area is 117 Å². The van der Waals surface area contributed by atoms with E-state index in [0.717, 1.165) is 12.2 Å². The molecule has 0 aliphatic rings. The molecule has 0 aromatic heterocycles. The number of carboxylic acids is 1. The number of benzene rings is 2. The SMILES string of the molecule is CN(Cc1ccccc1)c1ccc(C(=O)O)c(Cl)c1. The molecule has 2 aromatic carbocycles. The first-order valence-electron chi connectivity index (χ1n) is 5.86. The Hall–Kier alpha value is -2.00. The number of anilines is 1. The van der Waals surface area contributed by atoms with E-state index in [2.05, 4.69) is 0 Å². The van der Waals surface area contributed by atoms with E-state index in [0.29, 0.717) is 0 Å². The Morgan fingerprint density at radius 3 is 2.47 bits per heavy atom. The second kappa shape index (κ2) is 5.76. The van der Waals surface area contributed by atoms with Gasteiger partial charge in [0.1, 0.15) is 0 Å². The summed E-state index contributed by atoms with van der Waals surface area (Å²) in [7, 11) is 1.94. The van der Waals surface area contributed by atoms with Crippen LogP contribution >= 0.6 is 11.6 Å². The third-order valence-electron chi connectivity index (χ3n) is 2.89. The van der Waals surface area contributed by atoms with Crippen LogP contribution in [-0.2, 0) is 6.54 Å². The summed E-state index contributed by atoms with van der Waals surface area (Å²) in [5, 5.41) is 9.19. The van der Waals surface area contributed by atoms with Crippen molar-refractivity contribution >= 4 is 23.3 Å². The average molecular weight is 276 g/mol. The first-order chi connectivity index (χ1) is 9.08. The summed E-state index contributed by atoms with van der Waals surface area (Å²) < 4.78 is 0. The zero-order valence-electron chi connectivity index (χ0n) is 10.5. The van der Waals surface area contributed by atoms with Crippen LogP contribution in [0.2, 0.25) is 5.02 Å². The van der Waals surface area contributed by atoms with Crippen LogP contribution in [0.4, 0.5) is 5.69 Å². The van der Waals surface area contributed by atoms with Crippen molar-refractivity contribution < 1.29 is 9.90 Å². The molecule has 1 N–H and O–H groups in total. The van der Waals surface area contributed by atoms with Gasteiger partial charge in [-0.2, -0.15) is 0 Å². The summed E-state index contributed by atoms with van der Waals surface area (Å²) in [6.07, 6.45) is 0. The largest absolute Gasteiger partial charge is 0.478 e. The van der Waals surface area contributed by atoms with Crippen LogP contribution in [0.1, 0.15) is 15.9 Å². The first-order valence-corrected chi connectivity index (χ1v) is 6.23. The molecule has 0 heterocycles. The Balaban J connectivity index is 2.18. The molecule has 2 aromatic rings. The van der Waals surface area contributed by atoms with Crippen molar-refractivity contribution in [2.45, 2.75) is 6.54 Å². The minimum atomic E-state index is -1.01. The van der Waals surface area contributed by atoms with Gasteiger partial charge in [-0.1, -0.05) is 41.9 Å². The zero-order valence-corrected chi connectivity index (χ0v) is 11.3. The van der Waals surface area contributed by atoms with Crippen LogP contribution < -0.4 is 4.90 Å². The Morgan fingerprint density at radius 2 is 1.89 bits per heavy atom. The minimum Gasteiger partial charge on any atom is -0.478 e. The highest BCUT2D eigenvalue weighted by Crippen LogP contribution is 2.24. The Bertz CT molecular complexity index is 584. The van der Waals surface area contributed by atoms with Gasteiger partial charge in [-0.15, -0.1) is 0 Å². The maximum atomic E-state index is 10.9. The van der Waals surface area contributed by atoms with E-state index in [4.69, 9.17) is 16.7 Å². The summed E-state index contributed by atoms with van der Waals surface area (Å²) in [6, 6.07) is 15.0. The first kappa shape index (κ1) is 13.4. The molecule has 0 fully saturated rings. The van der Waals surface area contributed by atoms with E-state index in [1.807, 2.05) is 42.3 Å². The van der Waals surface area contributed by atoms with Gasteiger partial charge in [-0.25, -0.2) is 4.79 Å². The van der Waals surface area contributed by atoms with Crippen molar-refractivity contribution in [2.75, 3.05) is 11.9 Å². The molecule has 0 atom stereocenters. The third-order valence-corrected chi connectivity index (χ3v) is 3.20. The quantitative estimate of drug-likeness (QED) is 0.925. The molecule has 4 heteroatoms. The molecule has 3 nitrogen and oxygen atoms in total.